The van der Waals surface area contributed by atoms with Crippen molar-refractivity contribution in [2.45, 2.75) is 32.6 Å². The standard InChI is InChI=1S/C22H26N4O/c1-22(2,3)19-16-20(26(25-19)18-12-8-5-9-13-18)24-21(27)23-15-14-17-10-6-4-7-11-17/h4-13,16H,14-15H2,1-3H3,(H2,23,24,27). The third kappa shape index (κ3) is 4.97. The van der Waals surface area contributed by atoms with E-state index in [1.807, 2.05) is 54.6 Å². The van der Waals surface area contributed by atoms with Crippen LogP contribution in [0, 0.1) is 0 Å². The largest absolute Gasteiger partial charge is 0.337 e. The number of anilines is 1. The molecule has 3 aromatic rings. The van der Waals surface area contributed by atoms with Crippen LogP contribution in [0.4, 0.5) is 10.6 Å². The number of hydrogen-bond acceptors (Lipinski definition) is 2. The number of hydrogen-bond donors (Lipinski definition) is 2. The lowest BCUT2D eigenvalue weighted by molar-refractivity contribution is 0.252. The van der Waals surface area contributed by atoms with E-state index in [0.29, 0.717) is 12.4 Å². The fourth-order valence-corrected chi connectivity index (χ4v) is 2.73. The molecule has 3 rings (SSSR count). The maximum atomic E-state index is 12.4. The monoisotopic (exact) mass is 362 g/mol. The summed E-state index contributed by atoms with van der Waals surface area (Å²) >= 11 is 0. The molecule has 1 heterocycles. The van der Waals surface area contributed by atoms with Gasteiger partial charge in [-0.1, -0.05) is 69.3 Å². The molecule has 27 heavy (non-hydrogen) atoms. The van der Waals surface area contributed by atoms with E-state index < -0.39 is 0 Å². The number of benzene rings is 2. The summed E-state index contributed by atoms with van der Waals surface area (Å²) in [4.78, 5) is 12.4. The van der Waals surface area contributed by atoms with Gasteiger partial charge in [-0.2, -0.15) is 5.10 Å². The highest BCUT2D eigenvalue weighted by Gasteiger charge is 2.21. The molecule has 5 nitrogen and oxygen atoms in total. The van der Waals surface area contributed by atoms with E-state index in [1.165, 1.54) is 5.56 Å². The molecule has 2 amide bonds. The Hall–Kier alpha value is -3.08. The van der Waals surface area contributed by atoms with E-state index >= 15 is 0 Å². The lowest BCUT2D eigenvalue weighted by Gasteiger charge is -2.14. The first kappa shape index (κ1) is 18.7. The van der Waals surface area contributed by atoms with Crippen LogP contribution in [-0.4, -0.2) is 22.4 Å². The summed E-state index contributed by atoms with van der Waals surface area (Å²) in [6.45, 7) is 6.89. The van der Waals surface area contributed by atoms with Crippen molar-refractivity contribution in [3.05, 3.63) is 78.0 Å². The van der Waals surface area contributed by atoms with Crippen molar-refractivity contribution in [1.29, 1.82) is 0 Å². The van der Waals surface area contributed by atoms with E-state index in [2.05, 4.69) is 43.5 Å². The summed E-state index contributed by atoms with van der Waals surface area (Å²) in [5.74, 6) is 0.656. The van der Waals surface area contributed by atoms with Crippen LogP contribution in [0.1, 0.15) is 32.0 Å². The Bertz CT molecular complexity index is 880. The Labute approximate surface area is 160 Å². The van der Waals surface area contributed by atoms with Crippen LogP contribution in [0.2, 0.25) is 0 Å². The molecule has 2 N–H and O–H groups in total. The van der Waals surface area contributed by atoms with Gasteiger partial charge in [0.15, 0.2) is 0 Å². The van der Waals surface area contributed by atoms with Gasteiger partial charge in [0.1, 0.15) is 5.82 Å². The molecule has 0 saturated carbocycles. The topological polar surface area (TPSA) is 59.0 Å². The lowest BCUT2D eigenvalue weighted by Crippen LogP contribution is -2.31. The Kier molecular flexibility index (Phi) is 5.60. The molecule has 0 bridgehead atoms. The summed E-state index contributed by atoms with van der Waals surface area (Å²) in [5.41, 5.74) is 2.92. The SMILES string of the molecule is CC(C)(C)c1cc(NC(=O)NCCc2ccccc2)n(-c2ccccc2)n1. The zero-order chi connectivity index (χ0) is 19.3. The fourth-order valence-electron chi connectivity index (χ4n) is 2.73. The molecule has 0 radical (unpaired) electrons. The van der Waals surface area contributed by atoms with Gasteiger partial charge >= 0.3 is 6.03 Å². The molecule has 0 saturated heterocycles. The zero-order valence-electron chi connectivity index (χ0n) is 16.1. The maximum Gasteiger partial charge on any atom is 0.320 e. The third-order valence-electron chi connectivity index (χ3n) is 4.26. The van der Waals surface area contributed by atoms with Gasteiger partial charge < -0.3 is 5.32 Å². The summed E-state index contributed by atoms with van der Waals surface area (Å²) in [6.07, 6.45) is 0.791. The van der Waals surface area contributed by atoms with Crippen LogP contribution < -0.4 is 10.6 Å². The number of amides is 2. The quantitative estimate of drug-likeness (QED) is 0.700. The van der Waals surface area contributed by atoms with Crippen molar-refractivity contribution in [1.82, 2.24) is 15.1 Å². The van der Waals surface area contributed by atoms with Crippen LogP contribution in [-0.2, 0) is 11.8 Å². The van der Waals surface area contributed by atoms with Gasteiger partial charge in [-0.25, -0.2) is 9.48 Å². The zero-order valence-corrected chi connectivity index (χ0v) is 16.1. The second kappa shape index (κ2) is 8.08. The van der Waals surface area contributed by atoms with Crippen molar-refractivity contribution in [3.8, 4) is 5.69 Å². The first-order chi connectivity index (χ1) is 12.9. The molecule has 0 aliphatic rings. The molecule has 0 fully saturated rings. The van der Waals surface area contributed by atoms with Gasteiger partial charge in [-0.3, -0.25) is 5.32 Å². The molecule has 140 valence electrons. The van der Waals surface area contributed by atoms with Crippen molar-refractivity contribution in [2.75, 3.05) is 11.9 Å². The number of carbonyl (C=O) groups excluding carboxylic acids is 1. The van der Waals surface area contributed by atoms with Crippen molar-refractivity contribution in [2.24, 2.45) is 0 Å². The Morgan fingerprint density at radius 2 is 1.63 bits per heavy atom. The molecule has 0 atom stereocenters. The lowest BCUT2D eigenvalue weighted by atomic mass is 9.92. The van der Waals surface area contributed by atoms with E-state index in [0.717, 1.165) is 17.8 Å². The van der Waals surface area contributed by atoms with Gasteiger partial charge in [0.2, 0.25) is 0 Å². The highest BCUT2D eigenvalue weighted by Crippen LogP contribution is 2.26. The first-order valence-corrected chi connectivity index (χ1v) is 9.18. The number of nitrogens with one attached hydrogen (secondary N) is 2. The van der Waals surface area contributed by atoms with Crippen LogP contribution in [0.5, 0.6) is 0 Å². The van der Waals surface area contributed by atoms with E-state index in [-0.39, 0.29) is 11.4 Å². The average molecular weight is 362 g/mol. The minimum Gasteiger partial charge on any atom is -0.337 e. The smallest absolute Gasteiger partial charge is 0.320 e. The predicted octanol–water partition coefficient (Wildman–Crippen LogP) is 4.53. The second-order valence-corrected chi connectivity index (χ2v) is 7.53. The Morgan fingerprint density at radius 1 is 1.00 bits per heavy atom. The van der Waals surface area contributed by atoms with Gasteiger partial charge in [-0.15, -0.1) is 0 Å². The van der Waals surface area contributed by atoms with Crippen molar-refractivity contribution >= 4 is 11.8 Å². The van der Waals surface area contributed by atoms with Crippen molar-refractivity contribution < 1.29 is 4.79 Å². The highest BCUT2D eigenvalue weighted by molar-refractivity contribution is 5.88. The van der Waals surface area contributed by atoms with Gasteiger partial charge in [-0.05, 0) is 24.1 Å². The normalized spacial score (nSPS) is 11.2. The first-order valence-electron chi connectivity index (χ1n) is 9.18. The predicted molar refractivity (Wildman–Crippen MR) is 109 cm³/mol. The molecule has 0 aliphatic carbocycles. The van der Waals surface area contributed by atoms with Gasteiger partial charge in [0, 0.05) is 18.0 Å². The number of nitrogens with zero attached hydrogens (tertiary/aromatic N) is 2. The third-order valence-corrected chi connectivity index (χ3v) is 4.26. The minimum atomic E-state index is -0.233. The van der Waals surface area contributed by atoms with E-state index in [9.17, 15) is 4.79 Å². The van der Waals surface area contributed by atoms with E-state index in [4.69, 9.17) is 5.10 Å². The van der Waals surface area contributed by atoms with Crippen LogP contribution in [0.25, 0.3) is 5.69 Å². The van der Waals surface area contributed by atoms with Crippen LogP contribution >= 0.6 is 0 Å². The molecule has 5 heteroatoms. The van der Waals surface area contributed by atoms with Crippen molar-refractivity contribution in [3.63, 3.8) is 0 Å². The molecule has 0 unspecified atom stereocenters. The van der Waals surface area contributed by atoms with E-state index in [1.54, 1.807) is 4.68 Å². The Balaban J connectivity index is 1.71. The number of para-hydroxylation sites is 1. The molecule has 1 aromatic heterocycles. The van der Waals surface area contributed by atoms with Crippen LogP contribution in [0.15, 0.2) is 66.7 Å². The number of rotatable bonds is 5. The molecule has 0 spiro atoms. The Morgan fingerprint density at radius 3 is 2.26 bits per heavy atom. The molecular weight excluding hydrogens is 336 g/mol. The number of aromatic nitrogens is 2. The van der Waals surface area contributed by atoms with Gasteiger partial charge in [0.05, 0.1) is 11.4 Å². The summed E-state index contributed by atoms with van der Waals surface area (Å²) in [5, 5.41) is 10.6. The molecular formula is C22H26N4O. The second-order valence-electron chi connectivity index (χ2n) is 7.53. The molecule has 0 aliphatic heterocycles. The van der Waals surface area contributed by atoms with Crippen LogP contribution in [0.3, 0.4) is 0 Å². The summed E-state index contributed by atoms with van der Waals surface area (Å²) in [7, 11) is 0. The minimum absolute atomic E-state index is 0.111. The summed E-state index contributed by atoms with van der Waals surface area (Å²) in [6, 6.07) is 21.6. The molecule has 2 aromatic carbocycles. The maximum absolute atomic E-state index is 12.4. The average Bonchev–Trinajstić information content (AvgIpc) is 3.07. The number of urea groups is 1. The summed E-state index contributed by atoms with van der Waals surface area (Å²) < 4.78 is 1.78. The fraction of sp³-hybridized carbons (Fsp3) is 0.273. The van der Waals surface area contributed by atoms with Gasteiger partial charge in [0.25, 0.3) is 0 Å². The highest BCUT2D eigenvalue weighted by atomic mass is 16.2. The number of carbonyl (C=O) groups is 1.